The lowest BCUT2D eigenvalue weighted by molar-refractivity contribution is 0.0659. The van der Waals surface area contributed by atoms with E-state index in [1.165, 1.54) is 0 Å². The molecule has 3 aliphatic carbocycles. The number of rotatable bonds is 1. The summed E-state index contributed by atoms with van der Waals surface area (Å²) < 4.78 is 0. The summed E-state index contributed by atoms with van der Waals surface area (Å²) in [5.74, 6) is -1.57. The van der Waals surface area contributed by atoms with Crippen molar-refractivity contribution in [3.63, 3.8) is 0 Å². The van der Waals surface area contributed by atoms with Crippen molar-refractivity contribution in [1.82, 2.24) is 0 Å². The minimum absolute atomic E-state index is 0.0293. The number of allylic oxidation sites excluding steroid dienone is 4. The maximum atomic E-state index is 14.0. The molecule has 5 rings (SSSR count). The molecule has 0 saturated heterocycles. The molecule has 1 spiro atoms. The lowest BCUT2D eigenvalue weighted by Crippen LogP contribution is -2.51. The van der Waals surface area contributed by atoms with E-state index in [0.717, 1.165) is 24.8 Å². The number of nitrogens with zero attached hydrogens (tertiary/aromatic N) is 1. The van der Waals surface area contributed by atoms with Crippen LogP contribution in [0.3, 0.4) is 0 Å². The molecule has 4 nitrogen and oxygen atoms in total. The summed E-state index contributed by atoms with van der Waals surface area (Å²) in [5.41, 5.74) is 7.34. The van der Waals surface area contributed by atoms with Gasteiger partial charge in [-0.15, -0.1) is 0 Å². The van der Waals surface area contributed by atoms with Crippen LogP contribution in [0.1, 0.15) is 51.5 Å². The average Bonchev–Trinajstić information content (AvgIpc) is 2.99. The number of halogens is 2. The highest BCUT2D eigenvalue weighted by Gasteiger charge is 2.65. The van der Waals surface area contributed by atoms with Gasteiger partial charge in [0.1, 0.15) is 11.5 Å². The topological polar surface area (TPSA) is 83.9 Å². The summed E-state index contributed by atoms with van der Waals surface area (Å²) in [6.45, 7) is 0. The van der Waals surface area contributed by atoms with E-state index in [1.54, 1.807) is 42.5 Å². The van der Waals surface area contributed by atoms with Crippen LogP contribution in [-0.4, -0.2) is 11.6 Å². The Balaban J connectivity index is 1.89. The third kappa shape index (κ3) is 2.54. The van der Waals surface area contributed by atoms with Gasteiger partial charge in [-0.3, -0.25) is 9.59 Å². The number of nitriles is 1. The number of fused-ring (bicyclic) bond motifs is 2. The number of Topliss-reactive ketones (excluding diaryl/α,β-unsaturated/α-hetero) is 2. The normalized spacial score (nSPS) is 24.0. The molecule has 2 aromatic carbocycles. The van der Waals surface area contributed by atoms with Crippen LogP contribution in [0.2, 0.25) is 10.0 Å². The zero-order valence-corrected chi connectivity index (χ0v) is 18.0. The SMILES string of the molecule is N#CC1=C(N)C2(C(=O)c3ccccc3C2=O)C(c2ccc(Cl)cc2Cl)C2CCCC=C12. The molecular formula is C25H18Cl2N2O2. The summed E-state index contributed by atoms with van der Waals surface area (Å²) in [6, 6.07) is 14.1. The number of carbonyl (C=O) groups excluding carboxylic acids is 2. The fraction of sp³-hybridized carbons (Fsp3) is 0.240. The molecule has 2 N–H and O–H groups in total. The Hall–Kier alpha value is -2.87. The van der Waals surface area contributed by atoms with Gasteiger partial charge in [-0.05, 0) is 48.4 Å². The first-order valence-electron chi connectivity index (χ1n) is 10.2. The van der Waals surface area contributed by atoms with E-state index in [9.17, 15) is 14.9 Å². The quantitative estimate of drug-likeness (QED) is 0.573. The summed E-state index contributed by atoms with van der Waals surface area (Å²) in [7, 11) is 0. The second-order valence-electron chi connectivity index (χ2n) is 8.25. The number of ketones is 2. The summed E-state index contributed by atoms with van der Waals surface area (Å²) in [6.07, 6.45) is 4.45. The van der Waals surface area contributed by atoms with E-state index in [2.05, 4.69) is 6.07 Å². The minimum Gasteiger partial charge on any atom is -0.400 e. The van der Waals surface area contributed by atoms with Gasteiger partial charge in [0.2, 0.25) is 0 Å². The predicted octanol–water partition coefficient (Wildman–Crippen LogP) is 5.62. The standard InChI is InChI=1S/C25H18Cl2N2O2/c26-13-9-10-18(20(27)11-13)21-15-6-2-1-5-14(15)19(12-28)22(29)25(21)23(30)16-7-3-4-8-17(16)24(25)31/h3-5,7-11,15,21H,1-2,6,29H2. The molecule has 0 heterocycles. The molecule has 0 aliphatic heterocycles. The number of carbonyl (C=O) groups is 2. The lowest BCUT2D eigenvalue weighted by atomic mass is 9.54. The first-order valence-corrected chi connectivity index (χ1v) is 10.9. The van der Waals surface area contributed by atoms with E-state index in [4.69, 9.17) is 28.9 Å². The van der Waals surface area contributed by atoms with Gasteiger partial charge < -0.3 is 5.73 Å². The van der Waals surface area contributed by atoms with Gasteiger partial charge in [0.05, 0.1) is 5.57 Å². The fourth-order valence-electron chi connectivity index (χ4n) is 5.62. The Morgan fingerprint density at radius 2 is 1.74 bits per heavy atom. The van der Waals surface area contributed by atoms with Crippen LogP contribution in [0, 0.1) is 22.7 Å². The van der Waals surface area contributed by atoms with Gasteiger partial charge in [-0.1, -0.05) is 59.6 Å². The van der Waals surface area contributed by atoms with Crippen LogP contribution in [-0.2, 0) is 0 Å². The summed E-state index contributed by atoms with van der Waals surface area (Å²) >= 11 is 12.8. The van der Waals surface area contributed by atoms with Crippen molar-refractivity contribution in [2.75, 3.05) is 0 Å². The third-order valence-corrected chi connectivity index (χ3v) is 7.44. The second-order valence-corrected chi connectivity index (χ2v) is 9.10. The van der Waals surface area contributed by atoms with Crippen LogP contribution < -0.4 is 5.73 Å². The van der Waals surface area contributed by atoms with Crippen LogP contribution >= 0.6 is 23.2 Å². The van der Waals surface area contributed by atoms with Crippen molar-refractivity contribution >= 4 is 34.8 Å². The van der Waals surface area contributed by atoms with E-state index in [-0.39, 0.29) is 28.8 Å². The molecule has 31 heavy (non-hydrogen) atoms. The van der Waals surface area contributed by atoms with Gasteiger partial charge in [-0.2, -0.15) is 5.26 Å². The first-order chi connectivity index (χ1) is 14.9. The third-order valence-electron chi connectivity index (χ3n) is 6.88. The number of hydrogen-bond acceptors (Lipinski definition) is 4. The van der Waals surface area contributed by atoms with Crippen molar-refractivity contribution < 1.29 is 9.59 Å². The largest absolute Gasteiger partial charge is 0.400 e. The maximum absolute atomic E-state index is 14.0. The van der Waals surface area contributed by atoms with Crippen molar-refractivity contribution in [2.45, 2.75) is 25.2 Å². The van der Waals surface area contributed by atoms with Crippen LogP contribution in [0.15, 0.2) is 65.4 Å². The molecule has 3 aliphatic rings. The summed E-state index contributed by atoms with van der Waals surface area (Å²) in [5, 5.41) is 10.8. The molecule has 6 heteroatoms. The summed E-state index contributed by atoms with van der Waals surface area (Å²) in [4.78, 5) is 27.9. The fourth-order valence-corrected chi connectivity index (χ4v) is 6.15. The van der Waals surface area contributed by atoms with E-state index >= 15 is 0 Å². The maximum Gasteiger partial charge on any atom is 0.184 e. The lowest BCUT2D eigenvalue weighted by Gasteiger charge is -2.46. The zero-order chi connectivity index (χ0) is 21.9. The number of hydrogen-bond donors (Lipinski definition) is 1. The predicted molar refractivity (Wildman–Crippen MR) is 119 cm³/mol. The molecule has 2 aromatic rings. The molecule has 154 valence electrons. The molecule has 0 aromatic heterocycles. The molecular weight excluding hydrogens is 431 g/mol. The van der Waals surface area contributed by atoms with Gasteiger partial charge in [0, 0.05) is 32.8 Å². The van der Waals surface area contributed by atoms with Gasteiger partial charge >= 0.3 is 0 Å². The number of benzene rings is 2. The van der Waals surface area contributed by atoms with Crippen molar-refractivity contribution in [3.05, 3.63) is 92.1 Å². The monoisotopic (exact) mass is 448 g/mol. The Labute approximate surface area is 189 Å². The van der Waals surface area contributed by atoms with Gasteiger partial charge in [-0.25, -0.2) is 0 Å². The molecule has 0 saturated carbocycles. The van der Waals surface area contributed by atoms with Crippen molar-refractivity contribution in [3.8, 4) is 6.07 Å². The smallest absolute Gasteiger partial charge is 0.184 e. The van der Waals surface area contributed by atoms with Crippen LogP contribution in [0.5, 0.6) is 0 Å². The Morgan fingerprint density at radius 1 is 1.06 bits per heavy atom. The molecule has 0 radical (unpaired) electrons. The van der Waals surface area contributed by atoms with Crippen molar-refractivity contribution in [2.24, 2.45) is 17.1 Å². The Kier molecular flexibility index (Phi) is 4.58. The highest BCUT2D eigenvalue weighted by Crippen LogP contribution is 2.61. The molecule has 0 amide bonds. The van der Waals surface area contributed by atoms with Gasteiger partial charge in [0.25, 0.3) is 0 Å². The first kappa shape index (κ1) is 20.1. The Morgan fingerprint density at radius 3 is 2.35 bits per heavy atom. The molecule has 0 bridgehead atoms. The molecule has 0 fully saturated rings. The number of nitrogens with two attached hydrogens (primary N) is 1. The molecule has 2 atom stereocenters. The van der Waals surface area contributed by atoms with E-state index in [1.807, 2.05) is 6.08 Å². The highest BCUT2D eigenvalue weighted by atomic mass is 35.5. The van der Waals surface area contributed by atoms with Crippen LogP contribution in [0.4, 0.5) is 0 Å². The highest BCUT2D eigenvalue weighted by molar-refractivity contribution is 6.36. The van der Waals surface area contributed by atoms with E-state index < -0.39 is 11.3 Å². The van der Waals surface area contributed by atoms with Gasteiger partial charge in [0.15, 0.2) is 11.6 Å². The van der Waals surface area contributed by atoms with Crippen LogP contribution in [0.25, 0.3) is 0 Å². The average molecular weight is 449 g/mol. The Bertz CT molecular complexity index is 1230. The minimum atomic E-state index is -1.69. The second kappa shape index (κ2) is 7.09. The van der Waals surface area contributed by atoms with Crippen molar-refractivity contribution in [1.29, 1.82) is 5.26 Å². The van der Waals surface area contributed by atoms with E-state index in [0.29, 0.717) is 26.7 Å². The molecule has 2 unspecified atom stereocenters. The zero-order valence-electron chi connectivity index (χ0n) is 16.5.